The van der Waals surface area contributed by atoms with Crippen LogP contribution in [0.4, 0.5) is 5.69 Å². The highest BCUT2D eigenvalue weighted by molar-refractivity contribution is 7.98. The smallest absolute Gasteiger partial charge is 0.240 e. The fraction of sp³-hybridized carbons (Fsp3) is 0.500. The highest BCUT2D eigenvalue weighted by atomic mass is 32.2. The molecule has 0 aliphatic rings. The highest BCUT2D eigenvalue weighted by Gasteiger charge is 2.11. The number of hydrogen-bond acceptors (Lipinski definition) is 4. The predicted octanol–water partition coefficient (Wildman–Crippen LogP) is 2.15. The average Bonchev–Trinajstić information content (AvgIpc) is 2.39. The van der Waals surface area contributed by atoms with Crippen molar-refractivity contribution in [3.8, 4) is 0 Å². The minimum absolute atomic E-state index is 0.286. The molecule has 0 heterocycles. The Hall–Kier alpha value is -0.720. The number of rotatable bonds is 7. The first-order valence-electron chi connectivity index (χ1n) is 5.82. The van der Waals surface area contributed by atoms with Crippen LogP contribution in [0, 0.1) is 0 Å². The summed E-state index contributed by atoms with van der Waals surface area (Å²) in [5.41, 5.74) is 0.950. The minimum atomic E-state index is -3.34. The van der Waals surface area contributed by atoms with Crippen molar-refractivity contribution in [1.29, 1.82) is 0 Å². The van der Waals surface area contributed by atoms with Crippen LogP contribution in [-0.2, 0) is 10.0 Å². The molecule has 0 spiro atoms. The average molecular weight is 288 g/mol. The molecule has 0 fully saturated rings. The van der Waals surface area contributed by atoms with E-state index in [2.05, 4.69) is 23.2 Å². The standard InChI is InChI=1S/C12H20N2O2S2/c1-4-10(9-17-3)14-11-5-7-12(8-6-11)18(15,16)13-2/h5-8,10,13-14H,4,9H2,1-3H3. The van der Waals surface area contributed by atoms with E-state index in [4.69, 9.17) is 0 Å². The fourth-order valence-corrected chi connectivity index (χ4v) is 3.00. The van der Waals surface area contributed by atoms with E-state index in [1.54, 1.807) is 36.0 Å². The lowest BCUT2D eigenvalue weighted by molar-refractivity contribution is 0.588. The summed E-state index contributed by atoms with van der Waals surface area (Å²) < 4.78 is 25.4. The predicted molar refractivity (Wildman–Crippen MR) is 78.8 cm³/mol. The maximum Gasteiger partial charge on any atom is 0.240 e. The fourth-order valence-electron chi connectivity index (χ4n) is 1.55. The Morgan fingerprint density at radius 1 is 1.28 bits per heavy atom. The minimum Gasteiger partial charge on any atom is -0.381 e. The van der Waals surface area contributed by atoms with Crippen LogP contribution in [0.1, 0.15) is 13.3 Å². The maximum absolute atomic E-state index is 11.6. The number of anilines is 1. The van der Waals surface area contributed by atoms with Gasteiger partial charge in [0.15, 0.2) is 0 Å². The second-order valence-electron chi connectivity index (χ2n) is 3.94. The molecule has 18 heavy (non-hydrogen) atoms. The molecule has 6 heteroatoms. The van der Waals surface area contributed by atoms with Gasteiger partial charge in [-0.1, -0.05) is 6.92 Å². The Kier molecular flexibility index (Phi) is 5.98. The van der Waals surface area contributed by atoms with Gasteiger partial charge in [0.05, 0.1) is 4.90 Å². The molecule has 1 aromatic rings. The molecule has 1 aromatic carbocycles. The van der Waals surface area contributed by atoms with Gasteiger partial charge in [-0.25, -0.2) is 13.1 Å². The Labute approximate surface area is 114 Å². The SMILES string of the molecule is CCC(CSC)Nc1ccc(S(=O)(=O)NC)cc1. The molecular weight excluding hydrogens is 268 g/mol. The Morgan fingerprint density at radius 3 is 2.33 bits per heavy atom. The van der Waals surface area contributed by atoms with E-state index in [1.165, 1.54) is 7.05 Å². The zero-order chi connectivity index (χ0) is 13.6. The summed E-state index contributed by atoms with van der Waals surface area (Å²) in [6.07, 6.45) is 3.12. The Morgan fingerprint density at radius 2 is 1.89 bits per heavy atom. The van der Waals surface area contributed by atoms with Gasteiger partial charge in [-0.3, -0.25) is 0 Å². The molecule has 0 aromatic heterocycles. The number of nitrogens with one attached hydrogen (secondary N) is 2. The van der Waals surface area contributed by atoms with Crippen molar-refractivity contribution in [2.45, 2.75) is 24.3 Å². The van der Waals surface area contributed by atoms with E-state index in [0.717, 1.165) is 17.9 Å². The molecule has 0 radical (unpaired) electrons. The zero-order valence-corrected chi connectivity index (χ0v) is 12.6. The lowest BCUT2D eigenvalue weighted by Gasteiger charge is -2.17. The molecule has 1 rings (SSSR count). The summed E-state index contributed by atoms with van der Waals surface area (Å²) in [5, 5.41) is 3.39. The third-order valence-corrected chi connectivity index (χ3v) is 4.83. The first-order chi connectivity index (χ1) is 8.53. The van der Waals surface area contributed by atoms with Crippen LogP contribution in [0.25, 0.3) is 0 Å². The molecule has 1 atom stereocenters. The van der Waals surface area contributed by atoms with Gasteiger partial charge in [0.25, 0.3) is 0 Å². The van der Waals surface area contributed by atoms with Crippen LogP contribution < -0.4 is 10.0 Å². The number of thioether (sulfide) groups is 1. The quantitative estimate of drug-likeness (QED) is 0.807. The second kappa shape index (κ2) is 7.01. The van der Waals surface area contributed by atoms with Gasteiger partial charge in [0, 0.05) is 17.5 Å². The molecule has 0 amide bonds. The lowest BCUT2D eigenvalue weighted by Crippen LogP contribution is -2.21. The molecule has 0 aliphatic carbocycles. The first kappa shape index (κ1) is 15.3. The van der Waals surface area contributed by atoms with E-state index >= 15 is 0 Å². The van der Waals surface area contributed by atoms with Crippen LogP contribution in [0.15, 0.2) is 29.2 Å². The van der Waals surface area contributed by atoms with Gasteiger partial charge >= 0.3 is 0 Å². The summed E-state index contributed by atoms with van der Waals surface area (Å²) in [5.74, 6) is 1.03. The summed E-state index contributed by atoms with van der Waals surface area (Å²) in [6, 6.07) is 7.23. The van der Waals surface area contributed by atoms with Gasteiger partial charge in [-0.15, -0.1) is 0 Å². The molecular formula is C12H20N2O2S2. The molecule has 0 saturated heterocycles. The van der Waals surface area contributed by atoms with Gasteiger partial charge in [0.2, 0.25) is 10.0 Å². The second-order valence-corrected chi connectivity index (χ2v) is 6.73. The number of benzene rings is 1. The zero-order valence-electron chi connectivity index (χ0n) is 10.9. The van der Waals surface area contributed by atoms with Crippen LogP contribution in [-0.4, -0.2) is 33.5 Å². The van der Waals surface area contributed by atoms with E-state index in [-0.39, 0.29) is 4.90 Å². The molecule has 2 N–H and O–H groups in total. The third kappa shape index (κ3) is 4.19. The molecule has 4 nitrogen and oxygen atoms in total. The van der Waals surface area contributed by atoms with Crippen LogP contribution >= 0.6 is 11.8 Å². The van der Waals surface area contributed by atoms with E-state index in [1.807, 2.05) is 0 Å². The summed E-state index contributed by atoms with van der Waals surface area (Å²) in [6.45, 7) is 2.13. The van der Waals surface area contributed by atoms with Crippen molar-refractivity contribution in [3.63, 3.8) is 0 Å². The molecule has 0 saturated carbocycles. The largest absolute Gasteiger partial charge is 0.381 e. The maximum atomic E-state index is 11.6. The van der Waals surface area contributed by atoms with Crippen molar-refractivity contribution in [3.05, 3.63) is 24.3 Å². The summed E-state index contributed by atoms with van der Waals surface area (Å²) >= 11 is 1.80. The highest BCUT2D eigenvalue weighted by Crippen LogP contribution is 2.16. The molecule has 102 valence electrons. The van der Waals surface area contributed by atoms with Crippen molar-refractivity contribution < 1.29 is 8.42 Å². The van der Waals surface area contributed by atoms with Gasteiger partial charge in [0.1, 0.15) is 0 Å². The molecule has 0 bridgehead atoms. The van der Waals surface area contributed by atoms with Crippen LogP contribution in [0.3, 0.4) is 0 Å². The van der Waals surface area contributed by atoms with Crippen LogP contribution in [0.2, 0.25) is 0 Å². The van der Waals surface area contributed by atoms with E-state index < -0.39 is 10.0 Å². The van der Waals surface area contributed by atoms with Crippen molar-refractivity contribution in [1.82, 2.24) is 4.72 Å². The lowest BCUT2D eigenvalue weighted by atomic mass is 10.2. The summed E-state index contributed by atoms with van der Waals surface area (Å²) in [4.78, 5) is 0.286. The first-order valence-corrected chi connectivity index (χ1v) is 8.70. The normalized spacial score (nSPS) is 13.3. The number of hydrogen-bond donors (Lipinski definition) is 2. The molecule has 0 aliphatic heterocycles. The van der Waals surface area contributed by atoms with Crippen LogP contribution in [0.5, 0.6) is 0 Å². The summed E-state index contributed by atoms with van der Waals surface area (Å²) in [7, 11) is -1.93. The molecule has 1 unspecified atom stereocenters. The topological polar surface area (TPSA) is 58.2 Å². The van der Waals surface area contributed by atoms with Gasteiger partial charge < -0.3 is 5.32 Å². The van der Waals surface area contributed by atoms with E-state index in [0.29, 0.717) is 6.04 Å². The van der Waals surface area contributed by atoms with Crippen molar-refractivity contribution in [2.75, 3.05) is 24.4 Å². The Bertz CT molecular complexity index is 457. The van der Waals surface area contributed by atoms with Gasteiger partial charge in [-0.05, 0) is 44.0 Å². The monoisotopic (exact) mass is 288 g/mol. The van der Waals surface area contributed by atoms with Gasteiger partial charge in [-0.2, -0.15) is 11.8 Å². The third-order valence-electron chi connectivity index (χ3n) is 2.66. The Balaban J connectivity index is 2.77. The van der Waals surface area contributed by atoms with E-state index in [9.17, 15) is 8.42 Å². The number of sulfonamides is 1. The van der Waals surface area contributed by atoms with Crippen molar-refractivity contribution in [2.24, 2.45) is 0 Å². The van der Waals surface area contributed by atoms with Crippen molar-refractivity contribution >= 4 is 27.5 Å².